The van der Waals surface area contributed by atoms with Crippen LogP contribution in [0.3, 0.4) is 0 Å². The molecule has 40 heavy (non-hydrogen) atoms. The highest BCUT2D eigenvalue weighted by molar-refractivity contribution is 6.04. The third-order valence-corrected chi connectivity index (χ3v) is 8.08. The number of hydrogen-bond donors (Lipinski definition) is 2. The van der Waals surface area contributed by atoms with Gasteiger partial charge in [0.1, 0.15) is 0 Å². The van der Waals surface area contributed by atoms with E-state index in [1.54, 1.807) is 18.6 Å². The fraction of sp³-hybridized carbons (Fsp3) is 0.312. The van der Waals surface area contributed by atoms with E-state index < -0.39 is 0 Å². The minimum atomic E-state index is -0.140. The summed E-state index contributed by atoms with van der Waals surface area (Å²) in [6.45, 7) is 12.1. The van der Waals surface area contributed by atoms with Crippen molar-refractivity contribution in [3.63, 3.8) is 0 Å². The first-order chi connectivity index (χ1) is 19.3. The third-order valence-electron chi connectivity index (χ3n) is 8.08. The van der Waals surface area contributed by atoms with Crippen LogP contribution in [-0.4, -0.2) is 69.5 Å². The number of aryl methyl sites for hydroxylation is 1. The van der Waals surface area contributed by atoms with Gasteiger partial charge in [0.15, 0.2) is 0 Å². The molecule has 1 fully saturated rings. The molecule has 0 unspecified atom stereocenters. The Kier molecular flexibility index (Phi) is 8.19. The van der Waals surface area contributed by atoms with E-state index in [9.17, 15) is 4.79 Å². The second kappa shape index (κ2) is 11.9. The molecule has 3 heterocycles. The first-order valence-electron chi connectivity index (χ1n) is 13.9. The highest BCUT2D eigenvalue weighted by Gasteiger charge is 2.31. The van der Waals surface area contributed by atoms with Crippen LogP contribution in [0.1, 0.15) is 35.3 Å². The predicted molar refractivity (Wildman–Crippen MR) is 160 cm³/mol. The average Bonchev–Trinajstić information content (AvgIpc) is 2.97. The van der Waals surface area contributed by atoms with Crippen LogP contribution in [0.15, 0.2) is 79.3 Å². The van der Waals surface area contributed by atoms with E-state index >= 15 is 0 Å². The maximum atomic E-state index is 13.0. The number of likely N-dealkylation sites (N-methyl/N-ethyl adjacent to an activating group) is 1. The Morgan fingerprint density at radius 1 is 1.02 bits per heavy atom. The van der Waals surface area contributed by atoms with Gasteiger partial charge in [-0.25, -0.2) is 9.97 Å². The van der Waals surface area contributed by atoms with Gasteiger partial charge >= 0.3 is 0 Å². The number of benzene rings is 2. The predicted octanol–water partition coefficient (Wildman–Crippen LogP) is 5.51. The fourth-order valence-electron chi connectivity index (χ4n) is 4.91. The second-order valence-electron chi connectivity index (χ2n) is 11.1. The quantitative estimate of drug-likeness (QED) is 0.289. The fourth-order valence-corrected chi connectivity index (χ4v) is 4.91. The molecule has 0 aliphatic carbocycles. The molecule has 0 spiro atoms. The molecule has 2 N–H and O–H groups in total. The van der Waals surface area contributed by atoms with Crippen LogP contribution in [0, 0.1) is 6.92 Å². The van der Waals surface area contributed by atoms with Gasteiger partial charge in [0.2, 0.25) is 5.95 Å². The molecule has 0 atom stereocenters. The summed E-state index contributed by atoms with van der Waals surface area (Å²) in [7, 11) is 2.36. The van der Waals surface area contributed by atoms with Crippen molar-refractivity contribution in [2.24, 2.45) is 0 Å². The molecule has 2 aromatic carbocycles. The van der Waals surface area contributed by atoms with Crippen molar-refractivity contribution in [2.45, 2.75) is 33.4 Å². The summed E-state index contributed by atoms with van der Waals surface area (Å²) < 4.78 is 1.14. The Morgan fingerprint density at radius 3 is 2.50 bits per heavy atom. The van der Waals surface area contributed by atoms with E-state index in [2.05, 4.69) is 63.5 Å². The molecule has 0 saturated carbocycles. The van der Waals surface area contributed by atoms with E-state index in [1.807, 2.05) is 55.5 Å². The zero-order valence-corrected chi connectivity index (χ0v) is 23.8. The molecule has 0 radical (unpaired) electrons. The molecule has 0 bridgehead atoms. The molecule has 1 amide bonds. The monoisotopic (exact) mass is 536 g/mol. The van der Waals surface area contributed by atoms with Crippen LogP contribution in [0.4, 0.5) is 17.3 Å². The van der Waals surface area contributed by atoms with Gasteiger partial charge in [0.05, 0.1) is 31.9 Å². The Labute approximate surface area is 236 Å². The lowest BCUT2D eigenvalue weighted by Crippen LogP contribution is -2.60. The lowest BCUT2D eigenvalue weighted by Gasteiger charge is -2.45. The zero-order valence-electron chi connectivity index (χ0n) is 23.8. The molecular formula is C32H38N7O+. The first-order valence-corrected chi connectivity index (χ1v) is 13.9. The topological polar surface area (TPSA) is 83.0 Å². The lowest BCUT2D eigenvalue weighted by molar-refractivity contribution is -0.933. The number of hydrogen-bond acceptors (Lipinski definition) is 6. The molecule has 4 aromatic rings. The van der Waals surface area contributed by atoms with E-state index in [1.165, 1.54) is 18.7 Å². The largest absolute Gasteiger partial charge is 0.324 e. The van der Waals surface area contributed by atoms with Crippen LogP contribution < -0.4 is 10.6 Å². The Balaban J connectivity index is 1.20. The number of nitrogens with one attached hydrogen (secondary N) is 2. The summed E-state index contributed by atoms with van der Waals surface area (Å²) in [6, 6.07) is 20.1. The highest BCUT2D eigenvalue weighted by atomic mass is 16.1. The number of pyridine rings is 1. The lowest BCUT2D eigenvalue weighted by atomic mass is 10.1. The number of amides is 1. The van der Waals surface area contributed by atoms with Crippen molar-refractivity contribution in [3.05, 3.63) is 95.9 Å². The van der Waals surface area contributed by atoms with Gasteiger partial charge in [-0.1, -0.05) is 18.2 Å². The normalized spacial score (nSPS) is 15.1. The Hall–Kier alpha value is -4.14. The maximum absolute atomic E-state index is 13.0. The Morgan fingerprint density at radius 2 is 1.80 bits per heavy atom. The summed E-state index contributed by atoms with van der Waals surface area (Å²) in [6.07, 6.45) is 5.23. The molecular weight excluding hydrogens is 498 g/mol. The number of carbonyl (C=O) groups excluding carboxylic acids is 1. The minimum absolute atomic E-state index is 0.140. The van der Waals surface area contributed by atoms with E-state index in [0.29, 0.717) is 23.2 Å². The van der Waals surface area contributed by atoms with Crippen molar-refractivity contribution < 1.29 is 9.28 Å². The molecule has 8 heteroatoms. The Bertz CT molecular complexity index is 1450. The van der Waals surface area contributed by atoms with Gasteiger partial charge in [0.25, 0.3) is 5.91 Å². The molecule has 1 aliphatic heterocycles. The van der Waals surface area contributed by atoms with Gasteiger partial charge in [0, 0.05) is 60.7 Å². The van der Waals surface area contributed by atoms with Crippen LogP contribution >= 0.6 is 0 Å². The summed E-state index contributed by atoms with van der Waals surface area (Å²) in [5.41, 5.74) is 6.10. The number of quaternary nitrogens is 1. The van der Waals surface area contributed by atoms with E-state index in [4.69, 9.17) is 0 Å². The van der Waals surface area contributed by atoms with Crippen molar-refractivity contribution in [1.82, 2.24) is 19.9 Å². The van der Waals surface area contributed by atoms with E-state index in [0.717, 1.165) is 46.6 Å². The molecule has 1 aliphatic rings. The number of aromatic nitrogens is 3. The first kappa shape index (κ1) is 27.4. The molecule has 1 saturated heterocycles. The molecule has 8 nitrogen and oxygen atoms in total. The van der Waals surface area contributed by atoms with Crippen molar-refractivity contribution in [1.29, 1.82) is 0 Å². The van der Waals surface area contributed by atoms with Gasteiger partial charge in [-0.3, -0.25) is 14.7 Å². The van der Waals surface area contributed by atoms with Gasteiger partial charge in [-0.05, 0) is 74.4 Å². The van der Waals surface area contributed by atoms with Crippen LogP contribution in [-0.2, 0) is 6.54 Å². The summed E-state index contributed by atoms with van der Waals surface area (Å²) in [5.74, 6) is 0.337. The van der Waals surface area contributed by atoms with Crippen molar-refractivity contribution in [3.8, 4) is 11.3 Å². The molecule has 2 aromatic heterocycles. The summed E-state index contributed by atoms with van der Waals surface area (Å²) in [5, 5.41) is 6.32. The van der Waals surface area contributed by atoms with Crippen molar-refractivity contribution in [2.75, 3.05) is 43.9 Å². The van der Waals surface area contributed by atoms with Gasteiger partial charge in [-0.15, -0.1) is 0 Å². The standard InChI is InChI=1S/C32H37N7O/c1-23(2)39(4)18-16-38(17-19-39)22-25-8-10-26(11-9-25)31(40)35-28-12-7-24(3)30(20-28)37-32-34-15-13-29(36-32)27-6-5-14-33-21-27/h5-15,20-21,23H,16-19,22H2,1-4H3,(H-,34,35,36,37,40)/p+1. The maximum Gasteiger partial charge on any atom is 0.255 e. The average molecular weight is 537 g/mol. The van der Waals surface area contributed by atoms with Crippen LogP contribution in [0.5, 0.6) is 0 Å². The van der Waals surface area contributed by atoms with Crippen LogP contribution in [0.25, 0.3) is 11.3 Å². The minimum Gasteiger partial charge on any atom is -0.324 e. The SMILES string of the molecule is Cc1ccc(NC(=O)c2ccc(CN3CC[N+](C)(C(C)C)CC3)cc2)cc1Nc1nccc(-c2cccnc2)n1. The summed E-state index contributed by atoms with van der Waals surface area (Å²) >= 11 is 0. The third kappa shape index (κ3) is 6.52. The number of nitrogens with zero attached hydrogens (tertiary/aromatic N) is 5. The van der Waals surface area contributed by atoms with Gasteiger partial charge < -0.3 is 15.1 Å². The number of carbonyl (C=O) groups is 1. The summed E-state index contributed by atoms with van der Waals surface area (Å²) in [4.78, 5) is 28.7. The molecule has 5 rings (SSSR count). The van der Waals surface area contributed by atoms with Crippen LogP contribution in [0.2, 0.25) is 0 Å². The highest BCUT2D eigenvalue weighted by Crippen LogP contribution is 2.25. The second-order valence-corrected chi connectivity index (χ2v) is 11.1. The van der Waals surface area contributed by atoms with Crippen molar-refractivity contribution >= 4 is 23.2 Å². The smallest absolute Gasteiger partial charge is 0.255 e. The zero-order chi connectivity index (χ0) is 28.1. The molecule has 206 valence electrons. The van der Waals surface area contributed by atoms with E-state index in [-0.39, 0.29) is 5.91 Å². The van der Waals surface area contributed by atoms with Gasteiger partial charge in [-0.2, -0.15) is 0 Å². The number of piperazine rings is 1. The number of rotatable bonds is 8. The number of anilines is 3.